The van der Waals surface area contributed by atoms with E-state index in [0.717, 1.165) is 12.2 Å². The molecule has 1 aromatic carbocycles. The van der Waals surface area contributed by atoms with Gasteiger partial charge in [0.25, 0.3) is 5.70 Å². The predicted octanol–water partition coefficient (Wildman–Crippen LogP) is 4.45. The van der Waals surface area contributed by atoms with Crippen LogP contribution in [0.15, 0.2) is 76.2 Å². The smallest absolute Gasteiger partial charge is 0.338 e. The quantitative estimate of drug-likeness (QED) is 0.115. The van der Waals surface area contributed by atoms with Crippen LogP contribution in [0.4, 0.5) is 5.69 Å². The maximum atomic E-state index is 12.4. The van der Waals surface area contributed by atoms with Crippen molar-refractivity contribution in [1.29, 1.82) is 0 Å². The number of nitro groups is 1. The fourth-order valence-electron chi connectivity index (χ4n) is 2.27. The number of nitrogens with zero attached hydrogens (tertiary/aromatic N) is 3. The molecule has 12 heteroatoms. The van der Waals surface area contributed by atoms with Crippen LogP contribution < -0.4 is 4.18 Å². The third kappa shape index (κ3) is 8.12. The van der Waals surface area contributed by atoms with Gasteiger partial charge in [-0.25, -0.2) is 9.79 Å². The third-order valence-corrected chi connectivity index (χ3v) is 6.05. The second kappa shape index (κ2) is 12.7. The molecule has 1 aromatic rings. The summed E-state index contributed by atoms with van der Waals surface area (Å²) in [4.78, 5) is 29.4. The standard InChI is InChI=1S/C22H25N3O7S2/c1-7-17(25(28)29)10-9-15(4)34(30,31)32-18-11-12-20(14(3)13-18)24-19(8-2)21(33-6)23-16(5)22(26)27/h7-13,16H,2,4H2,1,3,5-6H3,(H,26,27)/b10-9-,17-7+,23-21?,24-19?. The van der Waals surface area contributed by atoms with Crippen molar-refractivity contribution in [3.05, 3.63) is 81.9 Å². The zero-order valence-electron chi connectivity index (χ0n) is 19.1. The van der Waals surface area contributed by atoms with E-state index in [1.165, 1.54) is 56.0 Å². The molecular weight excluding hydrogens is 482 g/mol. The number of hydrogen-bond donors (Lipinski definition) is 1. The molecule has 0 heterocycles. The maximum absolute atomic E-state index is 12.4. The molecule has 10 nitrogen and oxygen atoms in total. The van der Waals surface area contributed by atoms with E-state index in [9.17, 15) is 23.3 Å². The van der Waals surface area contributed by atoms with Crippen LogP contribution in [0.2, 0.25) is 0 Å². The second-order valence-electron chi connectivity index (χ2n) is 6.61. The van der Waals surface area contributed by atoms with Crippen molar-refractivity contribution >= 4 is 44.3 Å². The largest absolute Gasteiger partial charge is 0.480 e. The summed E-state index contributed by atoms with van der Waals surface area (Å²) in [7, 11) is -4.30. The van der Waals surface area contributed by atoms with Gasteiger partial charge < -0.3 is 9.29 Å². The lowest BCUT2D eigenvalue weighted by Gasteiger charge is -2.10. The van der Waals surface area contributed by atoms with Crippen molar-refractivity contribution < 1.29 is 27.4 Å². The Hall–Kier alpha value is -3.51. The van der Waals surface area contributed by atoms with Gasteiger partial charge in [0.05, 0.1) is 21.2 Å². The van der Waals surface area contributed by atoms with Gasteiger partial charge in [0, 0.05) is 6.08 Å². The number of allylic oxidation sites excluding steroid dienone is 4. The van der Waals surface area contributed by atoms with E-state index in [4.69, 9.17) is 9.29 Å². The number of aliphatic carboxylic acids is 1. The Labute approximate surface area is 202 Å². The summed E-state index contributed by atoms with van der Waals surface area (Å²) >= 11 is 1.22. The normalized spacial score (nSPS) is 14.1. The van der Waals surface area contributed by atoms with Crippen LogP contribution in [0.25, 0.3) is 0 Å². The molecular formula is C22H25N3O7S2. The van der Waals surface area contributed by atoms with Gasteiger partial charge in [-0.15, -0.1) is 11.8 Å². The molecule has 0 aliphatic heterocycles. The molecule has 1 rings (SSSR count). The van der Waals surface area contributed by atoms with Gasteiger partial charge in [0.15, 0.2) is 0 Å². The van der Waals surface area contributed by atoms with E-state index >= 15 is 0 Å². The zero-order valence-corrected chi connectivity index (χ0v) is 20.7. The van der Waals surface area contributed by atoms with E-state index < -0.39 is 32.0 Å². The number of benzene rings is 1. The highest BCUT2D eigenvalue weighted by molar-refractivity contribution is 8.15. The SMILES string of the molecule is C=CC(=Nc1ccc(OS(=O)(=O)C(=C)/C=C\C(=C/C)[N+](=O)[O-])cc1C)C(=NC(C)C(=O)O)SC. The summed E-state index contributed by atoms with van der Waals surface area (Å²) in [6, 6.07) is 3.38. The lowest BCUT2D eigenvalue weighted by Crippen LogP contribution is -2.18. The first-order valence-corrected chi connectivity index (χ1v) is 12.3. The number of aliphatic imine (C=N–C) groups is 2. The van der Waals surface area contributed by atoms with Crippen LogP contribution in [0.1, 0.15) is 19.4 Å². The number of hydrogen-bond acceptors (Lipinski definition) is 9. The molecule has 34 heavy (non-hydrogen) atoms. The van der Waals surface area contributed by atoms with Crippen molar-refractivity contribution in [3.8, 4) is 5.75 Å². The number of carboxylic acid groups (broad SMARTS) is 1. The number of carbonyl (C=O) groups is 1. The van der Waals surface area contributed by atoms with Crippen LogP contribution in [0, 0.1) is 17.0 Å². The molecule has 0 fully saturated rings. The minimum absolute atomic E-state index is 0.00931. The summed E-state index contributed by atoms with van der Waals surface area (Å²) < 4.78 is 29.9. The molecule has 1 N–H and O–H groups in total. The van der Waals surface area contributed by atoms with Gasteiger partial charge in [-0.3, -0.25) is 15.1 Å². The average Bonchev–Trinajstić information content (AvgIpc) is 2.76. The van der Waals surface area contributed by atoms with Gasteiger partial charge in [0.1, 0.15) is 16.8 Å². The van der Waals surface area contributed by atoms with Gasteiger partial charge >= 0.3 is 16.1 Å². The van der Waals surface area contributed by atoms with Crippen molar-refractivity contribution in [1.82, 2.24) is 0 Å². The summed E-state index contributed by atoms with van der Waals surface area (Å²) in [6.45, 7) is 11.7. The van der Waals surface area contributed by atoms with Gasteiger partial charge in [-0.05, 0) is 69.0 Å². The first kappa shape index (κ1) is 28.5. The molecule has 0 saturated heterocycles. The first-order chi connectivity index (χ1) is 15.9. The molecule has 0 aliphatic carbocycles. The Morgan fingerprint density at radius 3 is 2.47 bits per heavy atom. The monoisotopic (exact) mass is 507 g/mol. The molecule has 0 radical (unpaired) electrons. The van der Waals surface area contributed by atoms with Crippen LogP contribution in [-0.2, 0) is 14.9 Å². The van der Waals surface area contributed by atoms with Crippen molar-refractivity contribution in [2.75, 3.05) is 6.26 Å². The summed E-state index contributed by atoms with van der Waals surface area (Å²) in [5.41, 5.74) is 1.09. The van der Waals surface area contributed by atoms with Crippen LogP contribution >= 0.6 is 11.8 Å². The van der Waals surface area contributed by atoms with Crippen molar-refractivity contribution in [2.45, 2.75) is 26.8 Å². The van der Waals surface area contributed by atoms with Crippen LogP contribution in [0.3, 0.4) is 0 Å². The van der Waals surface area contributed by atoms with Gasteiger partial charge in [-0.1, -0.05) is 13.2 Å². The Balaban J connectivity index is 3.20. The second-order valence-corrected chi connectivity index (χ2v) is 9.00. The topological polar surface area (TPSA) is 149 Å². The zero-order chi connectivity index (χ0) is 26.1. The molecule has 0 aliphatic rings. The van der Waals surface area contributed by atoms with E-state index in [1.807, 2.05) is 0 Å². The Kier molecular flexibility index (Phi) is 10.6. The highest BCUT2D eigenvalue weighted by atomic mass is 32.2. The van der Waals surface area contributed by atoms with Crippen LogP contribution in [0.5, 0.6) is 5.75 Å². The molecule has 0 bridgehead atoms. The summed E-state index contributed by atoms with van der Waals surface area (Å²) in [5, 5.41) is 20.3. The molecule has 0 aromatic heterocycles. The number of aryl methyl sites for hydroxylation is 1. The lowest BCUT2D eigenvalue weighted by molar-refractivity contribution is -0.419. The summed E-state index contributed by atoms with van der Waals surface area (Å²) in [6.07, 6.45) is 6.38. The Bertz CT molecular complexity index is 1210. The summed E-state index contributed by atoms with van der Waals surface area (Å²) in [5.74, 6) is -1.09. The Morgan fingerprint density at radius 2 is 2.00 bits per heavy atom. The van der Waals surface area contributed by atoms with E-state index in [2.05, 4.69) is 23.1 Å². The fraction of sp³-hybridized carbons (Fsp3) is 0.227. The third-order valence-electron chi connectivity index (χ3n) is 4.16. The first-order valence-electron chi connectivity index (χ1n) is 9.65. The lowest BCUT2D eigenvalue weighted by atomic mass is 10.2. The van der Waals surface area contributed by atoms with Gasteiger partial charge in [-0.2, -0.15) is 8.42 Å². The fourth-order valence-corrected chi connectivity index (χ4v) is 3.58. The molecule has 0 saturated carbocycles. The highest BCUT2D eigenvalue weighted by Crippen LogP contribution is 2.27. The minimum Gasteiger partial charge on any atom is -0.480 e. The number of carboxylic acids is 1. The highest BCUT2D eigenvalue weighted by Gasteiger charge is 2.18. The van der Waals surface area contributed by atoms with E-state index in [1.54, 1.807) is 13.2 Å². The van der Waals surface area contributed by atoms with Gasteiger partial charge in [0.2, 0.25) is 0 Å². The molecule has 0 amide bonds. The van der Waals surface area contributed by atoms with Crippen molar-refractivity contribution in [2.24, 2.45) is 9.98 Å². The molecule has 1 unspecified atom stereocenters. The average molecular weight is 508 g/mol. The van der Waals surface area contributed by atoms with Crippen LogP contribution in [-0.4, -0.2) is 47.5 Å². The molecule has 1 atom stereocenters. The molecule has 0 spiro atoms. The number of thioether (sulfide) groups is 1. The van der Waals surface area contributed by atoms with E-state index in [-0.39, 0.29) is 11.4 Å². The number of rotatable bonds is 11. The molecule has 182 valence electrons. The predicted molar refractivity (Wildman–Crippen MR) is 135 cm³/mol. The maximum Gasteiger partial charge on any atom is 0.338 e. The van der Waals surface area contributed by atoms with Crippen molar-refractivity contribution in [3.63, 3.8) is 0 Å². The Morgan fingerprint density at radius 1 is 1.35 bits per heavy atom. The van der Waals surface area contributed by atoms with E-state index in [0.29, 0.717) is 22.0 Å². The minimum atomic E-state index is -4.30.